The van der Waals surface area contributed by atoms with Gasteiger partial charge >= 0.3 is 0 Å². The predicted molar refractivity (Wildman–Crippen MR) is 210 cm³/mol. The van der Waals surface area contributed by atoms with Gasteiger partial charge in [-0.05, 0) is 102 Å². The SMILES string of the molecule is C\C=C/C(=C\C=C(/C)C(C)(C)C)n1c2ccccc2c2cc(-c3ccc4c(c3)c3ccccc3n4-c3ccc(C(C)(C)C)cc3)ccc21. The zero-order chi connectivity index (χ0) is 33.8. The van der Waals surface area contributed by atoms with E-state index in [4.69, 9.17) is 0 Å². The van der Waals surface area contributed by atoms with Crippen LogP contribution in [0.15, 0.2) is 139 Å². The van der Waals surface area contributed by atoms with Gasteiger partial charge in [0.25, 0.3) is 0 Å². The Morgan fingerprint density at radius 1 is 0.562 bits per heavy atom. The lowest BCUT2D eigenvalue weighted by atomic mass is 9.87. The van der Waals surface area contributed by atoms with Crippen LogP contribution in [-0.4, -0.2) is 9.13 Å². The number of hydrogen-bond acceptors (Lipinski definition) is 0. The molecule has 0 aliphatic heterocycles. The Kier molecular flexibility index (Phi) is 7.79. The van der Waals surface area contributed by atoms with Crippen molar-refractivity contribution in [3.05, 3.63) is 145 Å². The van der Waals surface area contributed by atoms with E-state index < -0.39 is 0 Å². The lowest BCUT2D eigenvalue weighted by Crippen LogP contribution is -2.10. The molecule has 0 unspecified atom stereocenters. The van der Waals surface area contributed by atoms with Gasteiger partial charge < -0.3 is 9.13 Å². The average molecular weight is 627 g/mol. The Morgan fingerprint density at radius 3 is 1.69 bits per heavy atom. The molecule has 2 nitrogen and oxygen atoms in total. The highest BCUT2D eigenvalue weighted by Crippen LogP contribution is 2.38. The summed E-state index contributed by atoms with van der Waals surface area (Å²) in [7, 11) is 0. The molecule has 0 fully saturated rings. The van der Waals surface area contributed by atoms with Crippen molar-refractivity contribution < 1.29 is 0 Å². The second-order valence-corrected chi connectivity index (χ2v) is 15.2. The molecule has 0 N–H and O–H groups in total. The van der Waals surface area contributed by atoms with Crippen molar-refractivity contribution in [2.75, 3.05) is 0 Å². The van der Waals surface area contributed by atoms with Crippen LogP contribution >= 0.6 is 0 Å². The second-order valence-electron chi connectivity index (χ2n) is 15.2. The standard InChI is InChI=1S/C46H46N2/c1-9-14-35(24-19-31(2)45(3,4)5)47-41-17-12-10-15-37(41)39-29-32(20-27-43(39)47)33-21-28-44-40(30-33)38-16-11-13-18-42(38)48(44)36-25-22-34(23-26-36)46(6,7)8/h9-30H,1-8H3/b14-9-,31-19+,35-24+. The summed E-state index contributed by atoms with van der Waals surface area (Å²) in [5.41, 5.74) is 12.6. The van der Waals surface area contributed by atoms with Crippen LogP contribution in [0, 0.1) is 5.41 Å². The van der Waals surface area contributed by atoms with E-state index in [1.165, 1.54) is 71.6 Å². The van der Waals surface area contributed by atoms with Crippen molar-refractivity contribution in [2.24, 2.45) is 5.41 Å². The van der Waals surface area contributed by atoms with Gasteiger partial charge in [0.15, 0.2) is 0 Å². The van der Waals surface area contributed by atoms with Crippen LogP contribution in [0.2, 0.25) is 0 Å². The van der Waals surface area contributed by atoms with E-state index in [-0.39, 0.29) is 10.8 Å². The van der Waals surface area contributed by atoms with Crippen LogP contribution in [0.5, 0.6) is 0 Å². The Hall–Kier alpha value is -5.08. The largest absolute Gasteiger partial charge is 0.309 e. The fourth-order valence-electron chi connectivity index (χ4n) is 6.81. The van der Waals surface area contributed by atoms with Crippen molar-refractivity contribution in [1.82, 2.24) is 9.13 Å². The fraction of sp³-hybridized carbons (Fsp3) is 0.217. The molecule has 0 radical (unpaired) electrons. The first-order valence-electron chi connectivity index (χ1n) is 17.2. The molecule has 0 amide bonds. The third-order valence-corrected chi connectivity index (χ3v) is 9.95. The molecule has 7 rings (SSSR count). The minimum absolute atomic E-state index is 0.120. The third kappa shape index (κ3) is 5.50. The smallest absolute Gasteiger partial charge is 0.0541 e. The van der Waals surface area contributed by atoms with Gasteiger partial charge in [0.05, 0.1) is 22.1 Å². The van der Waals surface area contributed by atoms with Gasteiger partial charge in [-0.15, -0.1) is 0 Å². The molecule has 0 atom stereocenters. The monoisotopic (exact) mass is 626 g/mol. The van der Waals surface area contributed by atoms with Crippen LogP contribution in [0.3, 0.4) is 0 Å². The normalized spacial score (nSPS) is 13.6. The molecule has 48 heavy (non-hydrogen) atoms. The summed E-state index contributed by atoms with van der Waals surface area (Å²) in [5, 5.41) is 5.06. The minimum Gasteiger partial charge on any atom is -0.309 e. The topological polar surface area (TPSA) is 9.86 Å². The Labute approximate surface area is 285 Å². The highest BCUT2D eigenvalue weighted by molar-refractivity contribution is 6.13. The number of nitrogens with zero attached hydrogens (tertiary/aromatic N) is 2. The van der Waals surface area contributed by atoms with Gasteiger partial charge in [0.2, 0.25) is 0 Å². The molecule has 5 aromatic carbocycles. The lowest BCUT2D eigenvalue weighted by Gasteiger charge is -2.19. The van der Waals surface area contributed by atoms with Crippen molar-refractivity contribution in [1.29, 1.82) is 0 Å². The summed E-state index contributed by atoms with van der Waals surface area (Å²) >= 11 is 0. The van der Waals surface area contributed by atoms with Crippen molar-refractivity contribution in [3.63, 3.8) is 0 Å². The highest BCUT2D eigenvalue weighted by Gasteiger charge is 2.18. The second kappa shape index (κ2) is 11.9. The quantitative estimate of drug-likeness (QED) is 0.168. The summed E-state index contributed by atoms with van der Waals surface area (Å²) in [6, 6.07) is 40.6. The average Bonchev–Trinajstić information content (AvgIpc) is 3.58. The first-order valence-corrected chi connectivity index (χ1v) is 17.2. The van der Waals surface area contributed by atoms with Crippen molar-refractivity contribution >= 4 is 49.3 Å². The van der Waals surface area contributed by atoms with Crippen LogP contribution < -0.4 is 0 Å². The molecule has 0 saturated carbocycles. The van der Waals surface area contributed by atoms with Gasteiger partial charge in [-0.3, -0.25) is 0 Å². The maximum atomic E-state index is 2.41. The summed E-state index contributed by atoms with van der Waals surface area (Å²) < 4.78 is 4.81. The number of rotatable bonds is 5. The maximum absolute atomic E-state index is 2.41. The molecule has 0 aliphatic rings. The van der Waals surface area contributed by atoms with E-state index >= 15 is 0 Å². The number of aromatic nitrogens is 2. The molecule has 2 heterocycles. The van der Waals surface area contributed by atoms with E-state index in [9.17, 15) is 0 Å². The van der Waals surface area contributed by atoms with E-state index in [2.05, 4.69) is 198 Å². The first kappa shape index (κ1) is 31.5. The number of allylic oxidation sites excluding steroid dienone is 6. The minimum atomic E-state index is 0.120. The fourth-order valence-corrected chi connectivity index (χ4v) is 6.81. The van der Waals surface area contributed by atoms with E-state index in [1.807, 2.05) is 0 Å². The highest BCUT2D eigenvalue weighted by atomic mass is 15.0. The number of hydrogen-bond donors (Lipinski definition) is 0. The molecule has 7 aromatic rings. The Morgan fingerprint density at radius 2 is 1.08 bits per heavy atom. The van der Waals surface area contributed by atoms with Gasteiger partial charge in [0, 0.05) is 32.9 Å². The summed E-state index contributed by atoms with van der Waals surface area (Å²) in [5.74, 6) is 0. The molecule has 0 aliphatic carbocycles. The first-order chi connectivity index (χ1) is 23.0. The molecular formula is C46H46N2. The predicted octanol–water partition coefficient (Wildman–Crippen LogP) is 13.3. The summed E-state index contributed by atoms with van der Waals surface area (Å²) in [6.07, 6.45) is 8.88. The Balaban J connectivity index is 1.39. The van der Waals surface area contributed by atoms with Crippen LogP contribution in [0.25, 0.3) is 66.1 Å². The number of fused-ring (bicyclic) bond motifs is 6. The molecule has 2 aromatic heterocycles. The Bertz CT molecular complexity index is 2410. The summed E-state index contributed by atoms with van der Waals surface area (Å²) in [4.78, 5) is 0. The van der Waals surface area contributed by atoms with Gasteiger partial charge in [0.1, 0.15) is 0 Å². The van der Waals surface area contributed by atoms with Gasteiger partial charge in [-0.25, -0.2) is 0 Å². The van der Waals surface area contributed by atoms with E-state index in [1.54, 1.807) is 0 Å². The van der Waals surface area contributed by atoms with Gasteiger partial charge in [-0.2, -0.15) is 0 Å². The maximum Gasteiger partial charge on any atom is 0.0541 e. The molecule has 240 valence electrons. The number of para-hydroxylation sites is 2. The molecule has 0 saturated heterocycles. The zero-order valence-corrected chi connectivity index (χ0v) is 29.6. The molecule has 0 bridgehead atoms. The van der Waals surface area contributed by atoms with Gasteiger partial charge in [-0.1, -0.05) is 120 Å². The van der Waals surface area contributed by atoms with E-state index in [0.29, 0.717) is 0 Å². The van der Waals surface area contributed by atoms with Crippen LogP contribution in [0.1, 0.15) is 61.0 Å². The zero-order valence-electron chi connectivity index (χ0n) is 29.6. The molecular weight excluding hydrogens is 581 g/mol. The van der Waals surface area contributed by atoms with Crippen LogP contribution in [-0.2, 0) is 5.41 Å². The van der Waals surface area contributed by atoms with Crippen molar-refractivity contribution in [3.8, 4) is 16.8 Å². The lowest BCUT2D eigenvalue weighted by molar-refractivity contribution is 0.504. The molecule has 0 spiro atoms. The molecule has 2 heteroatoms. The van der Waals surface area contributed by atoms with Crippen molar-refractivity contribution in [2.45, 2.75) is 60.8 Å². The van der Waals surface area contributed by atoms with E-state index in [0.717, 1.165) is 5.70 Å². The summed E-state index contributed by atoms with van der Waals surface area (Å²) in [6.45, 7) is 17.9. The van der Waals surface area contributed by atoms with Crippen LogP contribution in [0.4, 0.5) is 0 Å². The number of benzene rings is 5. The third-order valence-electron chi connectivity index (χ3n) is 9.95.